The van der Waals surface area contributed by atoms with Gasteiger partial charge in [0.15, 0.2) is 0 Å². The maximum Gasteiger partial charge on any atom is 0.254 e. The van der Waals surface area contributed by atoms with Crippen molar-refractivity contribution in [2.24, 2.45) is 5.92 Å². The van der Waals surface area contributed by atoms with E-state index in [2.05, 4.69) is 6.92 Å². The Morgan fingerprint density at radius 1 is 1.25 bits per heavy atom. The Hall–Kier alpha value is -0.960. The van der Waals surface area contributed by atoms with Gasteiger partial charge >= 0.3 is 0 Å². The number of hydrogen-bond acceptors (Lipinski definition) is 1. The van der Waals surface area contributed by atoms with Crippen LogP contribution >= 0.6 is 0 Å². The molecule has 0 bridgehead atoms. The van der Waals surface area contributed by atoms with Crippen molar-refractivity contribution in [1.82, 2.24) is 4.90 Å². The molecule has 1 aromatic carbocycles. The summed E-state index contributed by atoms with van der Waals surface area (Å²) in [6, 6.07) is 9.03. The molecular weight excluding hydrogens is 208 g/mol. The summed E-state index contributed by atoms with van der Waals surface area (Å²) in [4.78, 5) is 1.78. The maximum absolute atomic E-state index is 13.1. The molecule has 3 atom stereocenters. The van der Waals surface area contributed by atoms with Gasteiger partial charge in [0.1, 0.15) is 0 Å². The van der Waals surface area contributed by atoms with Crippen molar-refractivity contribution < 1.29 is 8.78 Å². The lowest BCUT2D eigenvalue weighted by molar-refractivity contribution is 0.0510. The third-order valence-corrected chi connectivity index (χ3v) is 3.51. The minimum atomic E-state index is -2.28. The van der Waals surface area contributed by atoms with Crippen LogP contribution in [0.3, 0.4) is 0 Å². The second-order valence-corrected chi connectivity index (χ2v) is 4.68. The van der Waals surface area contributed by atoms with Crippen LogP contribution in [0.25, 0.3) is 0 Å². The predicted molar refractivity (Wildman–Crippen MR) is 60.8 cm³/mol. The van der Waals surface area contributed by atoms with Gasteiger partial charge in [-0.05, 0) is 18.5 Å². The normalized spacial score (nSPS) is 31.2. The van der Waals surface area contributed by atoms with Crippen molar-refractivity contribution in [1.29, 1.82) is 0 Å². The topological polar surface area (TPSA) is 3.24 Å². The van der Waals surface area contributed by atoms with E-state index in [4.69, 9.17) is 0 Å². The van der Waals surface area contributed by atoms with Crippen molar-refractivity contribution in [3.05, 3.63) is 35.9 Å². The quantitative estimate of drug-likeness (QED) is 0.748. The van der Waals surface area contributed by atoms with Gasteiger partial charge in [-0.15, -0.1) is 0 Å². The molecule has 1 nitrogen and oxygen atoms in total. The summed E-state index contributed by atoms with van der Waals surface area (Å²) < 4.78 is 26.1. The van der Waals surface area contributed by atoms with Crippen molar-refractivity contribution in [3.63, 3.8) is 0 Å². The van der Waals surface area contributed by atoms with E-state index in [1.807, 2.05) is 30.3 Å². The Morgan fingerprint density at radius 2 is 1.88 bits per heavy atom. The van der Waals surface area contributed by atoms with Gasteiger partial charge in [0.2, 0.25) is 0 Å². The number of nitrogens with zero attached hydrogens (tertiary/aromatic N) is 1. The van der Waals surface area contributed by atoms with Gasteiger partial charge in [-0.1, -0.05) is 37.3 Å². The molecule has 16 heavy (non-hydrogen) atoms. The number of alkyl halides is 2. The monoisotopic (exact) mass is 225 g/mol. The van der Waals surface area contributed by atoms with Crippen LogP contribution in [0.15, 0.2) is 30.3 Å². The Balaban J connectivity index is 2.31. The highest BCUT2D eigenvalue weighted by molar-refractivity contribution is 5.24. The lowest BCUT2D eigenvalue weighted by atomic mass is 9.85. The Labute approximate surface area is 95.1 Å². The van der Waals surface area contributed by atoms with Crippen LogP contribution in [0, 0.1) is 5.92 Å². The Kier molecular flexibility index (Phi) is 3.24. The maximum atomic E-state index is 13.1. The SMILES string of the molecule is CC1CN(C)C(C(F)F)C1c1ccccc1. The van der Waals surface area contributed by atoms with Gasteiger partial charge in [0.25, 0.3) is 6.43 Å². The van der Waals surface area contributed by atoms with E-state index in [1.165, 1.54) is 0 Å². The molecule has 1 fully saturated rings. The predicted octanol–water partition coefficient (Wildman–Crippen LogP) is 2.99. The molecule has 0 spiro atoms. The highest BCUT2D eigenvalue weighted by Gasteiger charge is 2.43. The first-order valence-corrected chi connectivity index (χ1v) is 5.64. The van der Waals surface area contributed by atoms with Gasteiger partial charge in [0, 0.05) is 12.5 Å². The molecule has 1 saturated heterocycles. The number of rotatable bonds is 2. The van der Waals surface area contributed by atoms with Gasteiger partial charge in [0.05, 0.1) is 6.04 Å². The highest BCUT2D eigenvalue weighted by atomic mass is 19.3. The highest BCUT2D eigenvalue weighted by Crippen LogP contribution is 2.39. The summed E-state index contributed by atoms with van der Waals surface area (Å²) in [5.41, 5.74) is 1.03. The van der Waals surface area contributed by atoms with Gasteiger partial charge in [-0.3, -0.25) is 4.90 Å². The minimum Gasteiger partial charge on any atom is -0.297 e. The summed E-state index contributed by atoms with van der Waals surface area (Å²) in [5, 5.41) is 0. The van der Waals surface area contributed by atoms with E-state index >= 15 is 0 Å². The molecule has 88 valence electrons. The third-order valence-electron chi connectivity index (χ3n) is 3.51. The average Bonchev–Trinajstić information content (AvgIpc) is 2.55. The van der Waals surface area contributed by atoms with Crippen molar-refractivity contribution in [3.8, 4) is 0 Å². The smallest absolute Gasteiger partial charge is 0.254 e. The number of benzene rings is 1. The average molecular weight is 225 g/mol. The molecule has 3 heteroatoms. The molecule has 1 aliphatic heterocycles. The first-order valence-electron chi connectivity index (χ1n) is 5.64. The van der Waals surface area contributed by atoms with Crippen molar-refractivity contribution >= 4 is 0 Å². The van der Waals surface area contributed by atoms with Crippen molar-refractivity contribution in [2.45, 2.75) is 25.3 Å². The molecule has 3 unspecified atom stereocenters. The minimum absolute atomic E-state index is 0.0498. The number of halogens is 2. The number of likely N-dealkylation sites (tertiary alicyclic amines) is 1. The summed E-state index contributed by atoms with van der Waals surface area (Å²) in [7, 11) is 1.79. The molecule has 0 radical (unpaired) electrons. The molecule has 0 N–H and O–H groups in total. The lowest BCUT2D eigenvalue weighted by Gasteiger charge is -2.25. The fourth-order valence-corrected chi connectivity index (χ4v) is 2.85. The van der Waals surface area contributed by atoms with Crippen molar-refractivity contribution in [2.75, 3.05) is 13.6 Å². The molecule has 1 heterocycles. The number of likely N-dealkylation sites (N-methyl/N-ethyl adjacent to an activating group) is 1. The van der Waals surface area contributed by atoms with E-state index in [1.54, 1.807) is 11.9 Å². The number of hydrogen-bond donors (Lipinski definition) is 0. The Morgan fingerprint density at radius 3 is 2.44 bits per heavy atom. The van der Waals surface area contributed by atoms with Gasteiger partial charge < -0.3 is 0 Å². The Bertz CT molecular complexity index is 339. The second-order valence-electron chi connectivity index (χ2n) is 4.68. The summed E-state index contributed by atoms with van der Waals surface area (Å²) in [6.07, 6.45) is -2.28. The fraction of sp³-hybridized carbons (Fsp3) is 0.538. The zero-order valence-electron chi connectivity index (χ0n) is 9.61. The second kappa shape index (κ2) is 4.50. The molecule has 0 amide bonds. The van der Waals surface area contributed by atoms with Crippen LogP contribution in [0.1, 0.15) is 18.4 Å². The largest absolute Gasteiger partial charge is 0.297 e. The molecule has 1 aliphatic rings. The van der Waals surface area contributed by atoms with E-state index in [9.17, 15) is 8.78 Å². The standard InChI is InChI=1S/C13H17F2N/c1-9-8-16(2)12(13(14)15)11(9)10-6-4-3-5-7-10/h3-7,9,11-13H,8H2,1-2H3. The van der Waals surface area contributed by atoms with Crippen LogP contribution in [0.5, 0.6) is 0 Å². The fourth-order valence-electron chi connectivity index (χ4n) is 2.85. The zero-order valence-corrected chi connectivity index (χ0v) is 9.61. The van der Waals surface area contributed by atoms with E-state index in [-0.39, 0.29) is 11.8 Å². The summed E-state index contributed by atoms with van der Waals surface area (Å²) in [6.45, 7) is 2.80. The lowest BCUT2D eigenvalue weighted by Crippen LogP contribution is -2.35. The van der Waals surface area contributed by atoms with Crippen LogP contribution in [-0.2, 0) is 0 Å². The third kappa shape index (κ3) is 1.96. The molecule has 0 saturated carbocycles. The van der Waals surface area contributed by atoms with Crippen LogP contribution < -0.4 is 0 Å². The van der Waals surface area contributed by atoms with Crippen LogP contribution in [0.4, 0.5) is 8.78 Å². The first-order chi connectivity index (χ1) is 7.61. The molecule has 0 aliphatic carbocycles. The van der Waals surface area contributed by atoms with Crippen LogP contribution in [0.2, 0.25) is 0 Å². The zero-order chi connectivity index (χ0) is 11.7. The molecule has 1 aromatic rings. The van der Waals surface area contributed by atoms with Crippen LogP contribution in [-0.4, -0.2) is 31.0 Å². The van der Waals surface area contributed by atoms with E-state index in [0.29, 0.717) is 0 Å². The molecule has 0 aromatic heterocycles. The molecular formula is C13H17F2N. The summed E-state index contributed by atoms with van der Waals surface area (Å²) in [5.74, 6) is 0.234. The first kappa shape index (κ1) is 11.5. The summed E-state index contributed by atoms with van der Waals surface area (Å²) >= 11 is 0. The van der Waals surface area contributed by atoms with E-state index in [0.717, 1.165) is 12.1 Å². The molecule has 2 rings (SSSR count). The van der Waals surface area contributed by atoms with Gasteiger partial charge in [-0.25, -0.2) is 8.78 Å². The van der Waals surface area contributed by atoms with E-state index < -0.39 is 12.5 Å². The van der Waals surface area contributed by atoms with Gasteiger partial charge in [-0.2, -0.15) is 0 Å².